The van der Waals surface area contributed by atoms with Crippen molar-refractivity contribution in [3.05, 3.63) is 59.1 Å². The fourth-order valence-corrected chi connectivity index (χ4v) is 3.04. The maximum Gasteiger partial charge on any atom is 0.234 e. The lowest BCUT2D eigenvalue weighted by molar-refractivity contribution is -0.113. The number of hydrogen-bond acceptors (Lipinski definition) is 4. The number of rotatable bonds is 5. The Kier molecular flexibility index (Phi) is 5.53. The summed E-state index contributed by atoms with van der Waals surface area (Å²) in [5, 5.41) is 11.7. The van der Waals surface area contributed by atoms with Gasteiger partial charge in [0.05, 0.1) is 11.4 Å². The molecule has 26 heavy (non-hydrogen) atoms. The largest absolute Gasteiger partial charge is 0.323 e. The Labute approximate surface area is 157 Å². The van der Waals surface area contributed by atoms with E-state index >= 15 is 0 Å². The van der Waals surface area contributed by atoms with E-state index in [2.05, 4.69) is 15.5 Å². The van der Waals surface area contributed by atoms with E-state index in [9.17, 15) is 13.6 Å². The van der Waals surface area contributed by atoms with Gasteiger partial charge in [-0.25, -0.2) is 8.78 Å². The molecule has 0 aliphatic carbocycles. The zero-order chi connectivity index (χ0) is 18.7. The maximum absolute atomic E-state index is 13.6. The molecule has 5 nitrogen and oxygen atoms in total. The van der Waals surface area contributed by atoms with Crippen molar-refractivity contribution in [3.63, 3.8) is 0 Å². The average molecular weight is 395 g/mol. The zero-order valence-electron chi connectivity index (χ0n) is 13.5. The molecule has 0 bridgehead atoms. The van der Waals surface area contributed by atoms with Crippen LogP contribution in [-0.4, -0.2) is 26.4 Å². The van der Waals surface area contributed by atoms with E-state index in [0.717, 1.165) is 23.4 Å². The summed E-state index contributed by atoms with van der Waals surface area (Å²) >= 11 is 7.03. The Morgan fingerprint density at radius 1 is 1.19 bits per heavy atom. The van der Waals surface area contributed by atoms with E-state index in [1.807, 2.05) is 12.1 Å². The van der Waals surface area contributed by atoms with Crippen LogP contribution in [-0.2, 0) is 11.8 Å². The molecular weight excluding hydrogens is 382 g/mol. The van der Waals surface area contributed by atoms with Crippen LogP contribution in [0.15, 0.2) is 47.6 Å². The van der Waals surface area contributed by atoms with Gasteiger partial charge in [-0.3, -0.25) is 4.79 Å². The van der Waals surface area contributed by atoms with Gasteiger partial charge in [0.1, 0.15) is 11.6 Å². The predicted molar refractivity (Wildman–Crippen MR) is 97.2 cm³/mol. The van der Waals surface area contributed by atoms with Crippen molar-refractivity contribution in [1.29, 1.82) is 0 Å². The SMILES string of the molecule is Cn1c(SCC(=O)Nc2ccc(F)cc2F)nnc1-c1ccc(Cl)cc1. The van der Waals surface area contributed by atoms with Crippen molar-refractivity contribution in [1.82, 2.24) is 14.8 Å². The van der Waals surface area contributed by atoms with Gasteiger partial charge in [0.15, 0.2) is 11.0 Å². The molecule has 1 N–H and O–H groups in total. The Balaban J connectivity index is 1.64. The van der Waals surface area contributed by atoms with E-state index in [0.29, 0.717) is 22.1 Å². The molecule has 134 valence electrons. The van der Waals surface area contributed by atoms with Crippen molar-refractivity contribution >= 4 is 35.0 Å². The number of halogens is 3. The number of hydrogen-bond donors (Lipinski definition) is 1. The van der Waals surface area contributed by atoms with Crippen LogP contribution in [0.4, 0.5) is 14.5 Å². The summed E-state index contributed by atoms with van der Waals surface area (Å²) < 4.78 is 28.2. The van der Waals surface area contributed by atoms with Crippen molar-refractivity contribution in [2.45, 2.75) is 5.16 Å². The van der Waals surface area contributed by atoms with E-state index in [1.165, 1.54) is 6.07 Å². The van der Waals surface area contributed by atoms with E-state index in [-0.39, 0.29) is 11.4 Å². The topological polar surface area (TPSA) is 59.8 Å². The van der Waals surface area contributed by atoms with Gasteiger partial charge in [-0.15, -0.1) is 10.2 Å². The Morgan fingerprint density at radius 3 is 2.62 bits per heavy atom. The van der Waals surface area contributed by atoms with Crippen LogP contribution < -0.4 is 5.32 Å². The lowest BCUT2D eigenvalue weighted by Gasteiger charge is -2.06. The van der Waals surface area contributed by atoms with Gasteiger partial charge >= 0.3 is 0 Å². The molecule has 0 fully saturated rings. The summed E-state index contributed by atoms with van der Waals surface area (Å²) in [6.45, 7) is 0. The number of carbonyl (C=O) groups is 1. The maximum atomic E-state index is 13.6. The highest BCUT2D eigenvalue weighted by Crippen LogP contribution is 2.24. The molecular formula is C17H13ClF2N4OS. The normalized spacial score (nSPS) is 10.8. The molecule has 0 saturated carbocycles. The van der Waals surface area contributed by atoms with E-state index < -0.39 is 17.5 Å². The molecule has 0 radical (unpaired) electrons. The second-order valence-electron chi connectivity index (χ2n) is 5.33. The number of anilines is 1. The summed E-state index contributed by atoms with van der Waals surface area (Å²) in [6.07, 6.45) is 0. The first-order valence-corrected chi connectivity index (χ1v) is 8.83. The van der Waals surface area contributed by atoms with Crippen LogP contribution in [0.1, 0.15) is 0 Å². The quantitative estimate of drug-likeness (QED) is 0.660. The van der Waals surface area contributed by atoms with Gasteiger partial charge in [-0.2, -0.15) is 0 Å². The van der Waals surface area contributed by atoms with Gasteiger partial charge < -0.3 is 9.88 Å². The molecule has 0 spiro atoms. The van der Waals surface area contributed by atoms with Gasteiger partial charge in [-0.1, -0.05) is 23.4 Å². The Bertz CT molecular complexity index is 946. The number of nitrogens with zero attached hydrogens (tertiary/aromatic N) is 3. The van der Waals surface area contributed by atoms with E-state index in [4.69, 9.17) is 11.6 Å². The lowest BCUT2D eigenvalue weighted by Crippen LogP contribution is -2.15. The van der Waals surface area contributed by atoms with Crippen LogP contribution >= 0.6 is 23.4 Å². The Morgan fingerprint density at radius 2 is 1.92 bits per heavy atom. The summed E-state index contributed by atoms with van der Waals surface area (Å²) in [4.78, 5) is 12.0. The van der Waals surface area contributed by atoms with Crippen LogP contribution in [0.5, 0.6) is 0 Å². The van der Waals surface area contributed by atoms with Crippen molar-refractivity contribution in [3.8, 4) is 11.4 Å². The summed E-state index contributed by atoms with van der Waals surface area (Å²) in [7, 11) is 1.78. The second-order valence-corrected chi connectivity index (χ2v) is 6.71. The molecule has 0 saturated heterocycles. The van der Waals surface area contributed by atoms with Crippen molar-refractivity contribution in [2.75, 3.05) is 11.1 Å². The number of amides is 1. The highest BCUT2D eigenvalue weighted by molar-refractivity contribution is 7.99. The fraction of sp³-hybridized carbons (Fsp3) is 0.118. The number of benzene rings is 2. The monoisotopic (exact) mass is 394 g/mol. The summed E-state index contributed by atoms with van der Waals surface area (Å²) in [6, 6.07) is 10.1. The minimum atomic E-state index is -0.827. The molecule has 1 heterocycles. The van der Waals surface area contributed by atoms with Gasteiger partial charge in [-0.05, 0) is 36.4 Å². The van der Waals surface area contributed by atoms with Gasteiger partial charge in [0.2, 0.25) is 5.91 Å². The average Bonchev–Trinajstić information content (AvgIpc) is 2.97. The van der Waals surface area contributed by atoms with Crippen LogP contribution in [0.25, 0.3) is 11.4 Å². The third-order valence-corrected chi connectivity index (χ3v) is 4.75. The molecule has 0 unspecified atom stereocenters. The molecule has 2 aromatic carbocycles. The summed E-state index contributed by atoms with van der Waals surface area (Å²) in [5.74, 6) is -1.33. The third-order valence-electron chi connectivity index (χ3n) is 3.47. The molecule has 0 aliphatic rings. The standard InChI is InChI=1S/C17H13ClF2N4OS/c1-24-16(10-2-4-11(18)5-3-10)22-23-17(24)26-9-15(25)21-14-7-6-12(19)8-13(14)20/h2-8H,9H2,1H3,(H,21,25). The minimum absolute atomic E-state index is 0.00338. The number of carbonyl (C=O) groups excluding carboxylic acids is 1. The van der Waals surface area contributed by atoms with Crippen LogP contribution in [0, 0.1) is 11.6 Å². The third kappa shape index (κ3) is 4.20. The van der Waals surface area contributed by atoms with Crippen LogP contribution in [0.2, 0.25) is 5.02 Å². The minimum Gasteiger partial charge on any atom is -0.323 e. The van der Waals surface area contributed by atoms with Gasteiger partial charge in [0.25, 0.3) is 0 Å². The van der Waals surface area contributed by atoms with Crippen molar-refractivity contribution < 1.29 is 13.6 Å². The lowest BCUT2D eigenvalue weighted by atomic mass is 10.2. The molecule has 1 aromatic heterocycles. The first-order valence-electron chi connectivity index (χ1n) is 7.47. The second kappa shape index (κ2) is 7.84. The Hall–Kier alpha value is -2.45. The zero-order valence-corrected chi connectivity index (χ0v) is 15.1. The smallest absolute Gasteiger partial charge is 0.234 e. The van der Waals surface area contributed by atoms with Gasteiger partial charge in [0, 0.05) is 23.7 Å². The first-order chi connectivity index (χ1) is 12.4. The fourth-order valence-electron chi connectivity index (χ4n) is 2.20. The molecule has 0 aliphatic heterocycles. The van der Waals surface area contributed by atoms with Crippen LogP contribution in [0.3, 0.4) is 0 Å². The van der Waals surface area contributed by atoms with E-state index in [1.54, 1.807) is 23.7 Å². The van der Waals surface area contributed by atoms with Crippen molar-refractivity contribution in [2.24, 2.45) is 7.05 Å². The summed E-state index contributed by atoms with van der Waals surface area (Å²) in [5.41, 5.74) is 0.769. The molecule has 0 atom stereocenters. The first kappa shape index (κ1) is 18.3. The molecule has 3 aromatic rings. The number of aromatic nitrogens is 3. The molecule has 9 heteroatoms. The molecule has 1 amide bonds. The number of nitrogens with one attached hydrogen (secondary N) is 1. The molecule has 3 rings (SSSR count). The highest BCUT2D eigenvalue weighted by atomic mass is 35.5. The number of thioether (sulfide) groups is 1. The predicted octanol–water partition coefficient (Wildman–Crippen LogP) is 4.14. The highest BCUT2D eigenvalue weighted by Gasteiger charge is 2.14.